The number of sulfonamides is 1. The third kappa shape index (κ3) is 2.72. The van der Waals surface area contributed by atoms with Gasteiger partial charge in [0, 0.05) is 20.1 Å². The lowest BCUT2D eigenvalue weighted by atomic mass is 10.4. The van der Waals surface area contributed by atoms with E-state index in [0.29, 0.717) is 11.4 Å². The van der Waals surface area contributed by atoms with Gasteiger partial charge in [-0.05, 0) is 13.8 Å². The SMILES string of the molecule is Cc1nn(C)c(C)c1S(=O)(=O)N(CCO)CCO. The van der Waals surface area contributed by atoms with Gasteiger partial charge >= 0.3 is 0 Å². The van der Waals surface area contributed by atoms with Gasteiger partial charge < -0.3 is 10.2 Å². The van der Waals surface area contributed by atoms with E-state index in [1.165, 1.54) is 4.68 Å². The predicted molar refractivity (Wildman–Crippen MR) is 65.6 cm³/mol. The van der Waals surface area contributed by atoms with Gasteiger partial charge in [0.2, 0.25) is 10.0 Å². The predicted octanol–water partition coefficient (Wildman–Crippen LogP) is -0.988. The van der Waals surface area contributed by atoms with Gasteiger partial charge in [0.1, 0.15) is 4.90 Å². The van der Waals surface area contributed by atoms with Crippen LogP contribution in [-0.2, 0) is 17.1 Å². The number of aryl methyl sites for hydroxylation is 2. The molecule has 0 unspecified atom stereocenters. The molecule has 0 saturated heterocycles. The van der Waals surface area contributed by atoms with Crippen LogP contribution in [0.15, 0.2) is 4.90 Å². The largest absolute Gasteiger partial charge is 0.395 e. The highest BCUT2D eigenvalue weighted by molar-refractivity contribution is 7.89. The molecular formula is C10H19N3O4S. The van der Waals surface area contributed by atoms with Crippen LogP contribution in [0.2, 0.25) is 0 Å². The van der Waals surface area contributed by atoms with Crippen LogP contribution >= 0.6 is 0 Å². The maximum absolute atomic E-state index is 12.4. The molecule has 7 nitrogen and oxygen atoms in total. The van der Waals surface area contributed by atoms with E-state index in [9.17, 15) is 8.42 Å². The molecule has 1 heterocycles. The third-order valence-electron chi connectivity index (χ3n) is 2.74. The molecule has 8 heteroatoms. The average Bonchev–Trinajstić information content (AvgIpc) is 2.53. The minimum atomic E-state index is -3.74. The van der Waals surface area contributed by atoms with Gasteiger partial charge in [0.15, 0.2) is 0 Å². The van der Waals surface area contributed by atoms with Gasteiger partial charge in [0.05, 0.1) is 24.6 Å². The Morgan fingerprint density at radius 3 is 2.06 bits per heavy atom. The van der Waals surface area contributed by atoms with E-state index in [2.05, 4.69) is 5.10 Å². The summed E-state index contributed by atoms with van der Waals surface area (Å²) in [6.07, 6.45) is 0. The summed E-state index contributed by atoms with van der Waals surface area (Å²) in [5.41, 5.74) is 0.948. The number of rotatable bonds is 6. The van der Waals surface area contributed by atoms with E-state index in [-0.39, 0.29) is 31.2 Å². The summed E-state index contributed by atoms with van der Waals surface area (Å²) in [7, 11) is -2.07. The molecule has 1 aromatic rings. The van der Waals surface area contributed by atoms with Gasteiger partial charge in [0.25, 0.3) is 0 Å². The molecule has 2 N–H and O–H groups in total. The second-order valence-electron chi connectivity index (χ2n) is 3.97. The zero-order valence-corrected chi connectivity index (χ0v) is 11.6. The topological polar surface area (TPSA) is 95.7 Å². The second kappa shape index (κ2) is 5.79. The van der Waals surface area contributed by atoms with Crippen LogP contribution < -0.4 is 0 Å². The lowest BCUT2D eigenvalue weighted by Gasteiger charge is -2.20. The van der Waals surface area contributed by atoms with Crippen molar-refractivity contribution in [2.24, 2.45) is 7.05 Å². The third-order valence-corrected chi connectivity index (χ3v) is 4.89. The summed E-state index contributed by atoms with van der Waals surface area (Å²) in [6.45, 7) is 2.61. The summed E-state index contributed by atoms with van der Waals surface area (Å²) in [5, 5.41) is 21.9. The summed E-state index contributed by atoms with van der Waals surface area (Å²) < 4.78 is 27.4. The van der Waals surface area contributed by atoms with Gasteiger partial charge in [-0.3, -0.25) is 4.68 Å². The molecule has 1 rings (SSSR count). The van der Waals surface area contributed by atoms with Crippen molar-refractivity contribution in [3.63, 3.8) is 0 Å². The highest BCUT2D eigenvalue weighted by atomic mass is 32.2. The number of aromatic nitrogens is 2. The Labute approximate surface area is 107 Å². The monoisotopic (exact) mass is 277 g/mol. The van der Waals surface area contributed by atoms with Crippen LogP contribution in [0.4, 0.5) is 0 Å². The first-order chi connectivity index (χ1) is 8.36. The molecule has 0 fully saturated rings. The van der Waals surface area contributed by atoms with E-state index in [1.807, 2.05) is 0 Å². The molecule has 0 bridgehead atoms. The zero-order valence-electron chi connectivity index (χ0n) is 10.8. The van der Waals surface area contributed by atoms with Crippen LogP contribution in [0.25, 0.3) is 0 Å². The van der Waals surface area contributed by atoms with Crippen molar-refractivity contribution in [3.8, 4) is 0 Å². The standard InChI is InChI=1S/C10H19N3O4S/c1-8-10(9(2)12(3)11-8)18(16,17)13(4-6-14)5-7-15/h14-15H,4-7H2,1-3H3. The Morgan fingerprint density at radius 2 is 1.72 bits per heavy atom. The second-order valence-corrected chi connectivity index (χ2v) is 5.85. The molecule has 1 aromatic heterocycles. The van der Waals surface area contributed by atoms with Crippen molar-refractivity contribution >= 4 is 10.0 Å². The maximum Gasteiger partial charge on any atom is 0.246 e. The van der Waals surface area contributed by atoms with Gasteiger partial charge in [-0.2, -0.15) is 9.40 Å². The van der Waals surface area contributed by atoms with Crippen molar-refractivity contribution in [2.75, 3.05) is 26.3 Å². The van der Waals surface area contributed by atoms with Crippen LogP contribution in [0.5, 0.6) is 0 Å². The Balaban J connectivity index is 3.26. The van der Waals surface area contributed by atoms with Crippen molar-refractivity contribution in [2.45, 2.75) is 18.7 Å². The molecule has 0 spiro atoms. The Hall–Kier alpha value is -0.960. The average molecular weight is 277 g/mol. The van der Waals surface area contributed by atoms with Crippen LogP contribution in [0, 0.1) is 13.8 Å². The molecule has 104 valence electrons. The number of hydrogen-bond donors (Lipinski definition) is 2. The molecule has 0 saturated carbocycles. The first-order valence-electron chi connectivity index (χ1n) is 5.58. The molecule has 0 aliphatic carbocycles. The summed E-state index contributed by atoms with van der Waals surface area (Å²) in [4.78, 5) is 0.145. The van der Waals surface area contributed by atoms with E-state index in [4.69, 9.17) is 10.2 Å². The van der Waals surface area contributed by atoms with E-state index >= 15 is 0 Å². The maximum atomic E-state index is 12.4. The minimum absolute atomic E-state index is 0.0450. The van der Waals surface area contributed by atoms with Crippen LogP contribution in [0.3, 0.4) is 0 Å². The summed E-state index contributed by atoms with van der Waals surface area (Å²) in [6, 6.07) is 0. The fraction of sp³-hybridized carbons (Fsp3) is 0.700. The van der Waals surface area contributed by atoms with E-state index in [0.717, 1.165) is 4.31 Å². The number of nitrogens with zero attached hydrogens (tertiary/aromatic N) is 3. The Kier molecular flexibility index (Phi) is 4.85. The normalized spacial score (nSPS) is 12.3. The molecule has 0 atom stereocenters. The van der Waals surface area contributed by atoms with E-state index in [1.54, 1.807) is 20.9 Å². The van der Waals surface area contributed by atoms with Gasteiger partial charge in [-0.15, -0.1) is 0 Å². The lowest BCUT2D eigenvalue weighted by molar-refractivity contribution is 0.217. The lowest BCUT2D eigenvalue weighted by Crippen LogP contribution is -2.36. The number of aliphatic hydroxyl groups excluding tert-OH is 2. The summed E-state index contributed by atoms with van der Waals surface area (Å²) >= 11 is 0. The summed E-state index contributed by atoms with van der Waals surface area (Å²) in [5.74, 6) is 0. The highest BCUT2D eigenvalue weighted by Crippen LogP contribution is 2.22. The highest BCUT2D eigenvalue weighted by Gasteiger charge is 2.29. The fourth-order valence-electron chi connectivity index (χ4n) is 1.83. The van der Waals surface area contributed by atoms with E-state index < -0.39 is 10.0 Å². The minimum Gasteiger partial charge on any atom is -0.395 e. The van der Waals surface area contributed by atoms with Gasteiger partial charge in [-0.25, -0.2) is 8.42 Å². The quantitative estimate of drug-likeness (QED) is 0.696. The molecule has 0 radical (unpaired) electrons. The van der Waals surface area contributed by atoms with Crippen molar-refractivity contribution in [1.82, 2.24) is 14.1 Å². The van der Waals surface area contributed by atoms with Crippen LogP contribution in [0.1, 0.15) is 11.4 Å². The Morgan fingerprint density at radius 1 is 1.22 bits per heavy atom. The molecule has 18 heavy (non-hydrogen) atoms. The number of aliphatic hydroxyl groups is 2. The van der Waals surface area contributed by atoms with Crippen LogP contribution in [-0.4, -0.2) is 59.0 Å². The molecule has 0 aliphatic heterocycles. The van der Waals surface area contributed by atoms with Crippen molar-refractivity contribution in [3.05, 3.63) is 11.4 Å². The zero-order chi connectivity index (χ0) is 13.9. The van der Waals surface area contributed by atoms with Crippen molar-refractivity contribution < 1.29 is 18.6 Å². The van der Waals surface area contributed by atoms with Gasteiger partial charge in [-0.1, -0.05) is 0 Å². The first kappa shape index (κ1) is 15.1. The Bertz CT molecular complexity index is 503. The molecule has 0 aromatic carbocycles. The smallest absolute Gasteiger partial charge is 0.246 e. The first-order valence-corrected chi connectivity index (χ1v) is 7.02. The molecule has 0 amide bonds. The molecular weight excluding hydrogens is 258 g/mol. The number of hydrogen-bond acceptors (Lipinski definition) is 5. The van der Waals surface area contributed by atoms with Crippen molar-refractivity contribution in [1.29, 1.82) is 0 Å². The molecule has 0 aliphatic rings. The fourth-order valence-corrected chi connectivity index (χ4v) is 3.65.